The SMILES string of the molecule is O=C(NN1C(=O)[C@H]2[C@H](C1=O)[C@H]1C=C[C@H]2O1)c1cccc(Br)c1. The molecule has 6 nitrogen and oxygen atoms in total. The molecule has 7 heteroatoms. The Bertz CT molecular complexity index is 702. The second kappa shape index (κ2) is 4.76. The largest absolute Gasteiger partial charge is 0.365 e. The number of carbonyl (C=O) groups excluding carboxylic acids is 3. The summed E-state index contributed by atoms with van der Waals surface area (Å²) in [4.78, 5) is 37.0. The molecule has 0 radical (unpaired) electrons. The van der Waals surface area contributed by atoms with Crippen LogP contribution in [0, 0.1) is 11.8 Å². The van der Waals surface area contributed by atoms with Crippen molar-refractivity contribution in [3.63, 3.8) is 0 Å². The summed E-state index contributed by atoms with van der Waals surface area (Å²) in [6.45, 7) is 0. The van der Waals surface area contributed by atoms with Gasteiger partial charge in [-0.2, -0.15) is 5.01 Å². The average Bonchev–Trinajstić information content (AvgIpc) is 3.17. The van der Waals surface area contributed by atoms with E-state index >= 15 is 0 Å². The zero-order valence-electron chi connectivity index (χ0n) is 11.2. The molecule has 112 valence electrons. The molecule has 4 atom stereocenters. The fourth-order valence-corrected chi connectivity index (χ4v) is 3.61. The second-order valence-electron chi connectivity index (χ2n) is 5.46. The standard InChI is InChI=1S/C15H11BrN2O4/c16-8-3-1-2-7(6-8)13(19)17-18-14(20)11-9-4-5-10(22-9)12(11)15(18)21/h1-6,9-12H,(H,17,19)/t9-,10-,11-,12-/m1/s1. The minimum atomic E-state index is -0.523. The fourth-order valence-electron chi connectivity index (χ4n) is 3.21. The smallest absolute Gasteiger partial charge is 0.270 e. The van der Waals surface area contributed by atoms with Gasteiger partial charge < -0.3 is 4.74 Å². The van der Waals surface area contributed by atoms with Gasteiger partial charge in [0, 0.05) is 10.0 Å². The Morgan fingerprint density at radius 2 is 1.77 bits per heavy atom. The highest BCUT2D eigenvalue weighted by Crippen LogP contribution is 2.44. The van der Waals surface area contributed by atoms with E-state index in [0.29, 0.717) is 5.56 Å². The normalized spacial score (nSPS) is 31.8. The van der Waals surface area contributed by atoms with Gasteiger partial charge in [0.15, 0.2) is 0 Å². The van der Waals surface area contributed by atoms with E-state index < -0.39 is 29.6 Å². The molecule has 0 unspecified atom stereocenters. The van der Waals surface area contributed by atoms with Crippen molar-refractivity contribution in [1.29, 1.82) is 0 Å². The molecular weight excluding hydrogens is 352 g/mol. The third kappa shape index (κ3) is 1.85. The van der Waals surface area contributed by atoms with Crippen LogP contribution in [0.25, 0.3) is 0 Å². The Balaban J connectivity index is 1.56. The molecular formula is C15H11BrN2O4. The molecule has 3 amide bonds. The highest BCUT2D eigenvalue weighted by molar-refractivity contribution is 9.10. The molecule has 2 bridgehead atoms. The molecule has 2 fully saturated rings. The number of hydrazine groups is 1. The summed E-state index contributed by atoms with van der Waals surface area (Å²) in [6.07, 6.45) is 2.88. The molecule has 3 heterocycles. The highest BCUT2D eigenvalue weighted by atomic mass is 79.9. The molecule has 0 aliphatic carbocycles. The van der Waals surface area contributed by atoms with Crippen molar-refractivity contribution in [3.8, 4) is 0 Å². The molecule has 3 aliphatic rings. The Kier molecular flexibility index (Phi) is 2.95. The van der Waals surface area contributed by atoms with Gasteiger partial charge in [-0.25, -0.2) is 0 Å². The van der Waals surface area contributed by atoms with Crippen LogP contribution in [0.5, 0.6) is 0 Å². The fraction of sp³-hybridized carbons (Fsp3) is 0.267. The first kappa shape index (κ1) is 13.7. The van der Waals surface area contributed by atoms with E-state index in [1.165, 1.54) is 0 Å². The molecule has 2 saturated heterocycles. The molecule has 0 spiro atoms. The molecule has 3 aliphatic heterocycles. The maximum absolute atomic E-state index is 12.4. The molecule has 0 saturated carbocycles. The lowest BCUT2D eigenvalue weighted by molar-refractivity contribution is -0.145. The first-order chi connectivity index (χ1) is 10.6. The number of hydrogen-bond acceptors (Lipinski definition) is 4. The minimum absolute atomic E-state index is 0.362. The molecule has 1 aromatic carbocycles. The van der Waals surface area contributed by atoms with Crippen LogP contribution in [-0.2, 0) is 14.3 Å². The number of nitrogens with one attached hydrogen (secondary N) is 1. The minimum Gasteiger partial charge on any atom is -0.365 e. The van der Waals surface area contributed by atoms with Gasteiger partial charge in [0.2, 0.25) is 0 Å². The van der Waals surface area contributed by atoms with Crippen LogP contribution in [0.4, 0.5) is 0 Å². The molecule has 1 N–H and O–H groups in total. The van der Waals surface area contributed by atoms with Gasteiger partial charge >= 0.3 is 0 Å². The number of nitrogens with zero attached hydrogens (tertiary/aromatic N) is 1. The van der Waals surface area contributed by atoms with Crippen molar-refractivity contribution < 1.29 is 19.1 Å². The number of amides is 3. The van der Waals surface area contributed by atoms with Crippen LogP contribution in [0.1, 0.15) is 10.4 Å². The quantitative estimate of drug-likeness (QED) is 0.629. The Morgan fingerprint density at radius 3 is 2.36 bits per heavy atom. The van der Waals surface area contributed by atoms with Crippen molar-refractivity contribution in [2.75, 3.05) is 0 Å². The van der Waals surface area contributed by atoms with E-state index in [-0.39, 0.29) is 12.2 Å². The lowest BCUT2D eigenvalue weighted by Gasteiger charge is -2.18. The third-order valence-corrected chi connectivity index (χ3v) is 4.70. The number of ether oxygens (including phenoxy) is 1. The van der Waals surface area contributed by atoms with E-state index in [1.54, 1.807) is 36.4 Å². The van der Waals surface area contributed by atoms with Gasteiger partial charge in [-0.05, 0) is 18.2 Å². The first-order valence-electron chi connectivity index (χ1n) is 6.84. The maximum Gasteiger partial charge on any atom is 0.270 e. The Hall–Kier alpha value is -1.99. The summed E-state index contributed by atoms with van der Waals surface area (Å²) < 4.78 is 6.28. The van der Waals surface area contributed by atoms with Gasteiger partial charge in [0.1, 0.15) is 0 Å². The van der Waals surface area contributed by atoms with E-state index in [1.807, 2.05) is 0 Å². The van der Waals surface area contributed by atoms with Crippen LogP contribution in [0.3, 0.4) is 0 Å². The predicted molar refractivity (Wildman–Crippen MR) is 78.2 cm³/mol. The lowest BCUT2D eigenvalue weighted by atomic mass is 9.85. The van der Waals surface area contributed by atoms with Gasteiger partial charge in [0.25, 0.3) is 17.7 Å². The van der Waals surface area contributed by atoms with Crippen LogP contribution in [0.2, 0.25) is 0 Å². The van der Waals surface area contributed by atoms with Gasteiger partial charge in [-0.15, -0.1) is 0 Å². The van der Waals surface area contributed by atoms with Crippen molar-refractivity contribution in [3.05, 3.63) is 46.5 Å². The zero-order chi connectivity index (χ0) is 15.4. The van der Waals surface area contributed by atoms with E-state index in [0.717, 1.165) is 9.48 Å². The number of carbonyl (C=O) groups is 3. The van der Waals surface area contributed by atoms with Gasteiger partial charge in [-0.1, -0.05) is 34.1 Å². The molecule has 22 heavy (non-hydrogen) atoms. The topological polar surface area (TPSA) is 75.7 Å². The number of benzene rings is 1. The highest BCUT2D eigenvalue weighted by Gasteiger charge is 2.61. The van der Waals surface area contributed by atoms with Crippen LogP contribution in [0.15, 0.2) is 40.9 Å². The summed E-state index contributed by atoms with van der Waals surface area (Å²) in [5.41, 5.74) is 2.78. The number of rotatable bonds is 2. The van der Waals surface area contributed by atoms with E-state index in [4.69, 9.17) is 4.74 Å². The second-order valence-corrected chi connectivity index (χ2v) is 6.38. The molecule has 0 aromatic heterocycles. The summed E-state index contributed by atoms with van der Waals surface area (Å²) >= 11 is 3.28. The lowest BCUT2D eigenvalue weighted by Crippen LogP contribution is -2.47. The maximum atomic E-state index is 12.4. The molecule has 4 rings (SSSR count). The van der Waals surface area contributed by atoms with Crippen LogP contribution < -0.4 is 5.43 Å². The predicted octanol–water partition coefficient (Wildman–Crippen LogP) is 1.03. The number of hydrogen-bond donors (Lipinski definition) is 1. The van der Waals surface area contributed by atoms with Crippen LogP contribution >= 0.6 is 15.9 Å². The number of fused-ring (bicyclic) bond motifs is 5. The average molecular weight is 363 g/mol. The Labute approximate surface area is 134 Å². The van der Waals surface area contributed by atoms with Crippen molar-refractivity contribution in [1.82, 2.24) is 10.4 Å². The summed E-state index contributed by atoms with van der Waals surface area (Å²) in [7, 11) is 0. The first-order valence-corrected chi connectivity index (χ1v) is 7.64. The Morgan fingerprint density at radius 1 is 1.14 bits per heavy atom. The van der Waals surface area contributed by atoms with Gasteiger partial charge in [-0.3, -0.25) is 19.8 Å². The third-order valence-electron chi connectivity index (χ3n) is 4.21. The zero-order valence-corrected chi connectivity index (χ0v) is 12.8. The van der Waals surface area contributed by atoms with Crippen molar-refractivity contribution in [2.45, 2.75) is 12.2 Å². The summed E-state index contributed by atoms with van der Waals surface area (Å²) in [5, 5.41) is 0.841. The van der Waals surface area contributed by atoms with Crippen LogP contribution in [-0.4, -0.2) is 34.9 Å². The number of imide groups is 1. The monoisotopic (exact) mass is 362 g/mol. The molecule has 1 aromatic rings. The van der Waals surface area contributed by atoms with Crippen molar-refractivity contribution >= 4 is 33.7 Å². The van der Waals surface area contributed by atoms with E-state index in [9.17, 15) is 14.4 Å². The van der Waals surface area contributed by atoms with Crippen molar-refractivity contribution in [2.24, 2.45) is 11.8 Å². The summed E-state index contributed by atoms with van der Waals surface area (Å²) in [5.74, 6) is -2.36. The van der Waals surface area contributed by atoms with Gasteiger partial charge in [0.05, 0.1) is 24.0 Å². The number of halogens is 1. The van der Waals surface area contributed by atoms with E-state index in [2.05, 4.69) is 21.4 Å². The summed E-state index contributed by atoms with van der Waals surface area (Å²) in [6, 6.07) is 6.73.